The largest absolute Gasteiger partial charge is 0.465 e. The number of piperidine rings is 1. The van der Waals surface area contributed by atoms with Gasteiger partial charge in [-0.2, -0.15) is 0 Å². The van der Waals surface area contributed by atoms with E-state index >= 15 is 0 Å². The first kappa shape index (κ1) is 13.1. The van der Waals surface area contributed by atoms with Crippen LogP contribution in [0.5, 0.6) is 0 Å². The molecule has 1 aromatic heterocycles. The number of hydrogen-bond donors (Lipinski definition) is 0. The normalized spacial score (nSPS) is 17.0. The van der Waals surface area contributed by atoms with Crippen LogP contribution in [0.4, 0.5) is 0 Å². The Morgan fingerprint density at radius 2 is 2.22 bits per heavy atom. The van der Waals surface area contributed by atoms with Crippen molar-refractivity contribution in [3.8, 4) is 11.8 Å². The first-order chi connectivity index (χ1) is 8.69. The number of hydrogen-bond acceptors (Lipinski definition) is 4. The molecule has 0 atom stereocenters. The standard InChI is InChI=1S/C14H17NO2S/c1-15-7-5-11(6-8-15)3-4-12-9-13(18-10-12)14(16)17-2/h9-11H,5-8H2,1-2H3. The summed E-state index contributed by atoms with van der Waals surface area (Å²) in [5, 5.41) is 1.91. The number of methoxy groups -OCH3 is 1. The Morgan fingerprint density at radius 1 is 1.50 bits per heavy atom. The van der Waals surface area contributed by atoms with Gasteiger partial charge in [0, 0.05) is 16.9 Å². The second-order valence-electron chi connectivity index (χ2n) is 4.54. The fourth-order valence-electron chi connectivity index (χ4n) is 1.95. The van der Waals surface area contributed by atoms with Gasteiger partial charge in [0.05, 0.1) is 7.11 Å². The molecule has 18 heavy (non-hydrogen) atoms. The third-order valence-electron chi connectivity index (χ3n) is 3.13. The lowest BCUT2D eigenvalue weighted by atomic mass is 9.98. The minimum absolute atomic E-state index is 0.285. The van der Waals surface area contributed by atoms with Gasteiger partial charge < -0.3 is 9.64 Å². The molecule has 4 heteroatoms. The van der Waals surface area contributed by atoms with E-state index in [2.05, 4.69) is 28.5 Å². The van der Waals surface area contributed by atoms with Crippen LogP contribution < -0.4 is 0 Å². The van der Waals surface area contributed by atoms with Gasteiger partial charge in [0.15, 0.2) is 0 Å². The summed E-state index contributed by atoms with van der Waals surface area (Å²) in [5.74, 6) is 6.67. The Kier molecular flexibility index (Phi) is 4.40. The topological polar surface area (TPSA) is 29.5 Å². The molecule has 0 saturated carbocycles. The molecule has 1 fully saturated rings. The van der Waals surface area contributed by atoms with Gasteiger partial charge in [0.1, 0.15) is 4.88 Å². The van der Waals surface area contributed by atoms with Crippen LogP contribution in [-0.2, 0) is 4.74 Å². The van der Waals surface area contributed by atoms with Crippen LogP contribution in [0.25, 0.3) is 0 Å². The lowest BCUT2D eigenvalue weighted by Crippen LogP contribution is -2.29. The van der Waals surface area contributed by atoms with Crippen molar-refractivity contribution < 1.29 is 9.53 Å². The van der Waals surface area contributed by atoms with Crippen molar-refractivity contribution in [1.82, 2.24) is 4.90 Å². The number of esters is 1. The summed E-state index contributed by atoms with van der Waals surface area (Å²) < 4.78 is 4.67. The van der Waals surface area contributed by atoms with Gasteiger partial charge in [-0.05, 0) is 39.0 Å². The summed E-state index contributed by atoms with van der Waals surface area (Å²) in [4.78, 5) is 14.3. The van der Waals surface area contributed by atoms with Crippen molar-refractivity contribution in [2.24, 2.45) is 5.92 Å². The Labute approximate surface area is 112 Å². The molecule has 3 nitrogen and oxygen atoms in total. The highest BCUT2D eigenvalue weighted by Gasteiger charge is 2.14. The maximum Gasteiger partial charge on any atom is 0.348 e. The zero-order chi connectivity index (χ0) is 13.0. The molecule has 0 amide bonds. The minimum Gasteiger partial charge on any atom is -0.465 e. The van der Waals surface area contributed by atoms with Crippen molar-refractivity contribution in [1.29, 1.82) is 0 Å². The van der Waals surface area contributed by atoms with E-state index in [1.165, 1.54) is 18.4 Å². The summed E-state index contributed by atoms with van der Waals surface area (Å²) in [7, 11) is 3.54. The van der Waals surface area contributed by atoms with Crippen LogP contribution in [0.15, 0.2) is 11.4 Å². The van der Waals surface area contributed by atoms with Crippen molar-refractivity contribution in [3.05, 3.63) is 21.9 Å². The molecule has 0 bridgehead atoms. The molecule has 0 aliphatic carbocycles. The number of rotatable bonds is 1. The molecule has 96 valence electrons. The van der Waals surface area contributed by atoms with Crippen LogP contribution in [-0.4, -0.2) is 38.1 Å². The molecule has 0 aromatic carbocycles. The van der Waals surface area contributed by atoms with Crippen LogP contribution in [0.3, 0.4) is 0 Å². The molecule has 0 radical (unpaired) electrons. The zero-order valence-corrected chi connectivity index (χ0v) is 11.5. The predicted molar refractivity (Wildman–Crippen MR) is 72.8 cm³/mol. The third kappa shape index (κ3) is 3.34. The lowest BCUT2D eigenvalue weighted by molar-refractivity contribution is 0.0606. The summed E-state index contributed by atoms with van der Waals surface area (Å²) in [6.45, 7) is 2.24. The smallest absolute Gasteiger partial charge is 0.348 e. The molecular formula is C14H17NO2S. The van der Waals surface area contributed by atoms with E-state index in [-0.39, 0.29) is 5.97 Å². The SMILES string of the molecule is COC(=O)c1cc(C#CC2CCN(C)CC2)cs1. The Balaban J connectivity index is 1.97. The average Bonchev–Trinajstić information content (AvgIpc) is 2.86. The van der Waals surface area contributed by atoms with Gasteiger partial charge in [-0.3, -0.25) is 0 Å². The van der Waals surface area contributed by atoms with E-state index in [0.29, 0.717) is 10.8 Å². The first-order valence-electron chi connectivity index (χ1n) is 6.06. The Hall–Kier alpha value is -1.31. The van der Waals surface area contributed by atoms with Crippen LogP contribution in [0.2, 0.25) is 0 Å². The Morgan fingerprint density at radius 3 is 2.89 bits per heavy atom. The summed E-state index contributed by atoms with van der Waals surface area (Å²) in [6, 6.07) is 1.80. The minimum atomic E-state index is -0.285. The third-order valence-corrected chi connectivity index (χ3v) is 4.04. The Bertz CT molecular complexity index is 475. The van der Waals surface area contributed by atoms with Crippen molar-refractivity contribution in [2.75, 3.05) is 27.2 Å². The molecule has 1 saturated heterocycles. The van der Waals surface area contributed by atoms with Crippen molar-refractivity contribution >= 4 is 17.3 Å². The van der Waals surface area contributed by atoms with E-state index in [1.807, 2.05) is 5.38 Å². The van der Waals surface area contributed by atoms with Crippen LogP contribution in [0.1, 0.15) is 28.1 Å². The lowest BCUT2D eigenvalue weighted by Gasteiger charge is -2.25. The van der Waals surface area contributed by atoms with Gasteiger partial charge in [0.2, 0.25) is 0 Å². The highest BCUT2D eigenvalue weighted by Crippen LogP contribution is 2.17. The first-order valence-corrected chi connectivity index (χ1v) is 6.94. The van der Waals surface area contributed by atoms with E-state index < -0.39 is 0 Å². The molecule has 1 aliphatic rings. The number of thiophene rings is 1. The highest BCUT2D eigenvalue weighted by molar-refractivity contribution is 7.12. The number of likely N-dealkylation sites (tertiary alicyclic amines) is 1. The van der Waals surface area contributed by atoms with E-state index in [9.17, 15) is 4.79 Å². The van der Waals surface area contributed by atoms with Crippen molar-refractivity contribution in [3.63, 3.8) is 0 Å². The van der Waals surface area contributed by atoms with E-state index in [0.717, 1.165) is 31.5 Å². The monoisotopic (exact) mass is 263 g/mol. The van der Waals surface area contributed by atoms with Gasteiger partial charge in [0.25, 0.3) is 0 Å². The quantitative estimate of drug-likeness (QED) is 0.575. The number of ether oxygens (including phenoxy) is 1. The van der Waals surface area contributed by atoms with Gasteiger partial charge in [-0.25, -0.2) is 4.79 Å². The molecule has 2 heterocycles. The average molecular weight is 263 g/mol. The van der Waals surface area contributed by atoms with Gasteiger partial charge >= 0.3 is 5.97 Å². The molecule has 0 spiro atoms. The summed E-state index contributed by atoms with van der Waals surface area (Å²) in [6.07, 6.45) is 2.27. The molecule has 2 rings (SSSR count). The molecule has 1 aliphatic heterocycles. The highest BCUT2D eigenvalue weighted by atomic mass is 32.1. The molecule has 0 unspecified atom stereocenters. The van der Waals surface area contributed by atoms with Crippen LogP contribution >= 0.6 is 11.3 Å². The van der Waals surface area contributed by atoms with Crippen molar-refractivity contribution in [2.45, 2.75) is 12.8 Å². The van der Waals surface area contributed by atoms with E-state index in [1.54, 1.807) is 6.07 Å². The maximum absolute atomic E-state index is 11.3. The van der Waals surface area contributed by atoms with Crippen LogP contribution in [0, 0.1) is 17.8 Å². The van der Waals surface area contributed by atoms with E-state index in [4.69, 9.17) is 0 Å². The second-order valence-corrected chi connectivity index (χ2v) is 5.45. The maximum atomic E-state index is 11.3. The second kappa shape index (κ2) is 6.03. The zero-order valence-electron chi connectivity index (χ0n) is 10.7. The summed E-state index contributed by atoms with van der Waals surface area (Å²) >= 11 is 1.38. The fourth-order valence-corrected chi connectivity index (χ4v) is 2.70. The molecule has 1 aromatic rings. The van der Waals surface area contributed by atoms with Gasteiger partial charge in [-0.1, -0.05) is 11.8 Å². The number of carbonyl (C=O) groups excluding carboxylic acids is 1. The fraction of sp³-hybridized carbons (Fsp3) is 0.500. The number of carbonyl (C=O) groups is 1. The number of nitrogens with zero attached hydrogens (tertiary/aromatic N) is 1. The molecule has 0 N–H and O–H groups in total. The predicted octanol–water partition coefficient (Wildman–Crippen LogP) is 2.23. The molecular weight excluding hydrogens is 246 g/mol. The van der Waals surface area contributed by atoms with Gasteiger partial charge in [-0.15, -0.1) is 11.3 Å². The summed E-state index contributed by atoms with van der Waals surface area (Å²) in [5.41, 5.74) is 0.916.